The zero-order chi connectivity index (χ0) is 17.4. The number of hydrogen-bond acceptors (Lipinski definition) is 6. The molecule has 0 bridgehead atoms. The number of aromatic nitrogens is 3. The molecular weight excluding hydrogens is 340 g/mol. The van der Waals surface area contributed by atoms with Crippen LogP contribution in [-0.2, 0) is 11.3 Å². The molecule has 0 unspecified atom stereocenters. The Hall–Kier alpha value is -2.48. The van der Waals surface area contributed by atoms with Gasteiger partial charge in [-0.25, -0.2) is 0 Å². The minimum absolute atomic E-state index is 0.0172. The molecular formula is C17H18N4O3S. The van der Waals surface area contributed by atoms with Crippen molar-refractivity contribution in [2.24, 2.45) is 0 Å². The summed E-state index contributed by atoms with van der Waals surface area (Å²) in [6, 6.07) is 7.44. The maximum atomic E-state index is 12.6. The maximum absolute atomic E-state index is 12.6. The van der Waals surface area contributed by atoms with Crippen molar-refractivity contribution in [1.82, 2.24) is 19.0 Å². The molecule has 1 fully saturated rings. The quantitative estimate of drug-likeness (QED) is 0.717. The second kappa shape index (κ2) is 6.44. The monoisotopic (exact) mass is 358 g/mol. The van der Waals surface area contributed by atoms with Gasteiger partial charge in [-0.3, -0.25) is 13.5 Å². The molecule has 8 heteroatoms. The Kier molecular flexibility index (Phi) is 4.12. The molecule has 1 aliphatic heterocycles. The van der Waals surface area contributed by atoms with Crippen LogP contribution in [-0.4, -0.2) is 38.0 Å². The topological polar surface area (TPSA) is 81.2 Å². The van der Waals surface area contributed by atoms with Crippen molar-refractivity contribution >= 4 is 27.5 Å². The van der Waals surface area contributed by atoms with Crippen molar-refractivity contribution in [3.63, 3.8) is 0 Å². The van der Waals surface area contributed by atoms with Crippen molar-refractivity contribution in [3.8, 4) is 0 Å². The summed E-state index contributed by atoms with van der Waals surface area (Å²) in [5.74, 6) is 1.51. The van der Waals surface area contributed by atoms with Crippen molar-refractivity contribution < 1.29 is 9.32 Å². The second-order valence-corrected chi connectivity index (χ2v) is 7.32. The fourth-order valence-electron chi connectivity index (χ4n) is 3.21. The standard InChI is InChI=1S/C17H18N4O3S/c1-11-18-16(19-24-11)12-6-8-20(9-7-12)15(22)10-21-17(23)13-4-2-3-5-14(13)25-21/h2-5,12H,6-10H2,1H3. The van der Waals surface area contributed by atoms with Gasteiger partial charge in [0.2, 0.25) is 11.8 Å². The van der Waals surface area contributed by atoms with Crippen LogP contribution < -0.4 is 5.56 Å². The summed E-state index contributed by atoms with van der Waals surface area (Å²) in [5.41, 5.74) is -0.0916. The third-order valence-corrected chi connectivity index (χ3v) is 5.66. The average Bonchev–Trinajstić information content (AvgIpc) is 3.20. The summed E-state index contributed by atoms with van der Waals surface area (Å²) in [6.45, 7) is 3.18. The van der Waals surface area contributed by atoms with Gasteiger partial charge in [-0.05, 0) is 25.0 Å². The molecule has 1 aromatic carbocycles. The predicted molar refractivity (Wildman–Crippen MR) is 93.7 cm³/mol. The Labute approximate surface area is 148 Å². The molecule has 3 heterocycles. The molecule has 130 valence electrons. The van der Waals surface area contributed by atoms with E-state index in [9.17, 15) is 9.59 Å². The Morgan fingerprint density at radius 1 is 1.32 bits per heavy atom. The number of piperidine rings is 1. The highest BCUT2D eigenvalue weighted by atomic mass is 32.1. The van der Waals surface area contributed by atoms with E-state index in [2.05, 4.69) is 10.1 Å². The van der Waals surface area contributed by atoms with Gasteiger partial charge in [0.1, 0.15) is 6.54 Å². The lowest BCUT2D eigenvalue weighted by atomic mass is 9.96. The number of aryl methyl sites for hydroxylation is 1. The fourth-order valence-corrected chi connectivity index (χ4v) is 4.20. The SMILES string of the molecule is Cc1nc(C2CCN(C(=O)Cn3sc4ccccc4c3=O)CC2)no1. The molecule has 1 saturated heterocycles. The summed E-state index contributed by atoms with van der Waals surface area (Å²) in [5, 5.41) is 4.65. The lowest BCUT2D eigenvalue weighted by Gasteiger charge is -2.30. The largest absolute Gasteiger partial charge is 0.341 e. The van der Waals surface area contributed by atoms with Crippen LogP contribution >= 0.6 is 11.5 Å². The van der Waals surface area contributed by atoms with Gasteiger partial charge in [0.25, 0.3) is 5.56 Å². The number of hydrogen-bond donors (Lipinski definition) is 0. The van der Waals surface area contributed by atoms with Crippen LogP contribution in [0.15, 0.2) is 33.6 Å². The van der Waals surface area contributed by atoms with E-state index in [1.807, 2.05) is 23.1 Å². The average molecular weight is 358 g/mol. The first-order valence-electron chi connectivity index (χ1n) is 8.28. The van der Waals surface area contributed by atoms with E-state index in [0.717, 1.165) is 23.4 Å². The highest BCUT2D eigenvalue weighted by molar-refractivity contribution is 7.13. The lowest BCUT2D eigenvalue weighted by molar-refractivity contribution is -0.132. The molecule has 0 spiro atoms. The van der Waals surface area contributed by atoms with Gasteiger partial charge in [0, 0.05) is 25.9 Å². The number of fused-ring (bicyclic) bond motifs is 1. The van der Waals surface area contributed by atoms with E-state index >= 15 is 0 Å². The maximum Gasteiger partial charge on any atom is 0.268 e. The molecule has 0 aliphatic carbocycles. The number of carbonyl (C=O) groups excluding carboxylic acids is 1. The molecule has 2 aromatic heterocycles. The minimum Gasteiger partial charge on any atom is -0.341 e. The van der Waals surface area contributed by atoms with Crippen LogP contribution in [0.1, 0.15) is 30.5 Å². The van der Waals surface area contributed by atoms with Crippen LogP contribution in [0.2, 0.25) is 0 Å². The van der Waals surface area contributed by atoms with Crippen LogP contribution in [0.4, 0.5) is 0 Å². The minimum atomic E-state index is -0.0916. The normalized spacial score (nSPS) is 15.8. The van der Waals surface area contributed by atoms with Crippen LogP contribution in [0.5, 0.6) is 0 Å². The van der Waals surface area contributed by atoms with E-state index < -0.39 is 0 Å². The van der Waals surface area contributed by atoms with Gasteiger partial charge < -0.3 is 9.42 Å². The van der Waals surface area contributed by atoms with Crippen molar-refractivity contribution in [2.75, 3.05) is 13.1 Å². The first-order chi connectivity index (χ1) is 12.1. The van der Waals surface area contributed by atoms with Gasteiger partial charge in [-0.2, -0.15) is 4.98 Å². The molecule has 1 aliphatic rings. The summed E-state index contributed by atoms with van der Waals surface area (Å²) in [7, 11) is 0. The Balaban J connectivity index is 1.42. The van der Waals surface area contributed by atoms with Gasteiger partial charge in [-0.1, -0.05) is 28.8 Å². The third-order valence-electron chi connectivity index (χ3n) is 4.59. The van der Waals surface area contributed by atoms with E-state index in [1.165, 1.54) is 11.5 Å². The van der Waals surface area contributed by atoms with Gasteiger partial charge in [0.05, 0.1) is 10.1 Å². The first-order valence-corrected chi connectivity index (χ1v) is 9.06. The number of amides is 1. The molecule has 0 N–H and O–H groups in total. The number of benzene rings is 1. The van der Waals surface area contributed by atoms with Crippen LogP contribution in [0.3, 0.4) is 0 Å². The number of carbonyl (C=O) groups is 1. The van der Waals surface area contributed by atoms with Gasteiger partial charge in [0.15, 0.2) is 5.82 Å². The molecule has 4 rings (SSSR count). The Bertz CT molecular complexity index is 966. The lowest BCUT2D eigenvalue weighted by Crippen LogP contribution is -2.40. The molecule has 7 nitrogen and oxygen atoms in total. The van der Waals surface area contributed by atoms with E-state index in [0.29, 0.717) is 24.4 Å². The van der Waals surface area contributed by atoms with E-state index in [-0.39, 0.29) is 23.9 Å². The van der Waals surface area contributed by atoms with E-state index in [1.54, 1.807) is 16.9 Å². The summed E-state index contributed by atoms with van der Waals surface area (Å²) < 4.78 is 7.49. The number of nitrogens with zero attached hydrogens (tertiary/aromatic N) is 4. The Morgan fingerprint density at radius 3 is 2.76 bits per heavy atom. The van der Waals surface area contributed by atoms with Crippen molar-refractivity contribution in [1.29, 1.82) is 0 Å². The number of rotatable bonds is 3. The highest BCUT2D eigenvalue weighted by Crippen LogP contribution is 2.26. The summed E-state index contributed by atoms with van der Waals surface area (Å²) >= 11 is 1.34. The van der Waals surface area contributed by atoms with Crippen LogP contribution in [0.25, 0.3) is 10.1 Å². The van der Waals surface area contributed by atoms with Gasteiger partial charge in [-0.15, -0.1) is 0 Å². The second-order valence-electron chi connectivity index (χ2n) is 6.26. The van der Waals surface area contributed by atoms with Crippen LogP contribution in [0, 0.1) is 6.92 Å². The molecule has 0 saturated carbocycles. The molecule has 1 amide bonds. The number of likely N-dealkylation sites (tertiary alicyclic amines) is 1. The smallest absolute Gasteiger partial charge is 0.268 e. The first kappa shape index (κ1) is 16.0. The molecule has 25 heavy (non-hydrogen) atoms. The highest BCUT2D eigenvalue weighted by Gasteiger charge is 2.27. The zero-order valence-electron chi connectivity index (χ0n) is 13.8. The fraction of sp³-hybridized carbons (Fsp3) is 0.412. The zero-order valence-corrected chi connectivity index (χ0v) is 14.7. The summed E-state index contributed by atoms with van der Waals surface area (Å²) in [4.78, 5) is 31.0. The predicted octanol–water partition coefficient (Wildman–Crippen LogP) is 2.16. The molecule has 0 atom stereocenters. The molecule has 0 radical (unpaired) electrons. The van der Waals surface area contributed by atoms with Crippen molar-refractivity contribution in [3.05, 3.63) is 46.3 Å². The van der Waals surface area contributed by atoms with E-state index in [4.69, 9.17) is 4.52 Å². The summed E-state index contributed by atoms with van der Waals surface area (Å²) in [6.07, 6.45) is 1.62. The van der Waals surface area contributed by atoms with Crippen molar-refractivity contribution in [2.45, 2.75) is 32.2 Å². The Morgan fingerprint density at radius 2 is 2.08 bits per heavy atom. The molecule has 3 aromatic rings. The third kappa shape index (κ3) is 3.09. The van der Waals surface area contributed by atoms with Gasteiger partial charge >= 0.3 is 0 Å².